The molecule has 2 rings (SSSR count). The molecule has 0 bridgehead atoms. The molecule has 0 spiro atoms. The Kier molecular flexibility index (Phi) is 6.82. The number of rotatable bonds is 7. The van der Waals surface area contributed by atoms with Gasteiger partial charge in [-0.05, 0) is 17.4 Å². The molecule has 22 heavy (non-hydrogen) atoms. The highest BCUT2D eigenvalue weighted by Gasteiger charge is 2.22. The van der Waals surface area contributed by atoms with Crippen LogP contribution in [0, 0.1) is 5.92 Å². The van der Waals surface area contributed by atoms with Gasteiger partial charge in [0.15, 0.2) is 0 Å². The van der Waals surface area contributed by atoms with Crippen LogP contribution in [0.1, 0.15) is 24.8 Å². The fraction of sp³-hybridized carbons (Fsp3) is 0.688. The molecular weight excluding hydrogens is 298 g/mol. The van der Waals surface area contributed by atoms with Gasteiger partial charge in [-0.1, -0.05) is 19.9 Å². The molecule has 1 aromatic heterocycles. The van der Waals surface area contributed by atoms with Crippen molar-refractivity contribution in [3.05, 3.63) is 22.4 Å². The zero-order valence-corrected chi connectivity index (χ0v) is 14.3. The summed E-state index contributed by atoms with van der Waals surface area (Å²) in [4.78, 5) is 18.0. The number of carbonyl (C=O) groups is 1. The van der Waals surface area contributed by atoms with Crippen molar-refractivity contribution < 1.29 is 9.90 Å². The number of aliphatic hydroxyl groups is 1. The van der Waals surface area contributed by atoms with Gasteiger partial charge in [-0.3, -0.25) is 14.6 Å². The summed E-state index contributed by atoms with van der Waals surface area (Å²) in [6.07, 6.45) is 0. The van der Waals surface area contributed by atoms with E-state index in [4.69, 9.17) is 5.11 Å². The Balaban J connectivity index is 1.80. The van der Waals surface area contributed by atoms with E-state index < -0.39 is 0 Å². The Morgan fingerprint density at radius 3 is 2.55 bits per heavy atom. The maximum Gasteiger partial charge on any atom is 0.234 e. The van der Waals surface area contributed by atoms with Gasteiger partial charge < -0.3 is 10.4 Å². The van der Waals surface area contributed by atoms with Crippen LogP contribution in [0.5, 0.6) is 0 Å². The minimum atomic E-state index is 0.0997. The Bertz CT molecular complexity index is 442. The molecule has 0 radical (unpaired) electrons. The number of carbonyl (C=O) groups excluding carboxylic acids is 1. The second kappa shape index (κ2) is 8.62. The number of β-amino-alcohol motifs (C(OH)–C–C–N with tert-alkyl or cyclic N) is 1. The SMILES string of the molecule is CC(C)[C@@H](NC(=O)CN1CCN(CCO)CC1)c1cccs1. The zero-order valence-electron chi connectivity index (χ0n) is 13.5. The van der Waals surface area contributed by atoms with Crippen LogP contribution >= 0.6 is 11.3 Å². The molecule has 6 heteroatoms. The third-order valence-electron chi connectivity index (χ3n) is 4.08. The summed E-state index contributed by atoms with van der Waals surface area (Å²) in [5.74, 6) is 0.478. The van der Waals surface area contributed by atoms with Crippen molar-refractivity contribution in [2.75, 3.05) is 45.9 Å². The molecule has 0 aliphatic carbocycles. The van der Waals surface area contributed by atoms with E-state index in [1.807, 2.05) is 6.07 Å². The number of amides is 1. The summed E-state index contributed by atoms with van der Waals surface area (Å²) in [7, 11) is 0. The van der Waals surface area contributed by atoms with Gasteiger partial charge in [-0.15, -0.1) is 11.3 Å². The van der Waals surface area contributed by atoms with Crippen molar-refractivity contribution in [2.24, 2.45) is 5.92 Å². The number of nitrogens with zero attached hydrogens (tertiary/aromatic N) is 2. The van der Waals surface area contributed by atoms with Crippen molar-refractivity contribution >= 4 is 17.2 Å². The second-order valence-corrected chi connectivity index (χ2v) is 7.13. The van der Waals surface area contributed by atoms with Crippen molar-refractivity contribution in [1.82, 2.24) is 15.1 Å². The number of nitrogens with one attached hydrogen (secondary N) is 1. The molecule has 0 aromatic carbocycles. The number of piperazine rings is 1. The van der Waals surface area contributed by atoms with E-state index in [1.165, 1.54) is 4.88 Å². The van der Waals surface area contributed by atoms with Crippen molar-refractivity contribution in [3.63, 3.8) is 0 Å². The largest absolute Gasteiger partial charge is 0.395 e. The first kappa shape index (κ1) is 17.4. The summed E-state index contributed by atoms with van der Waals surface area (Å²) < 4.78 is 0. The monoisotopic (exact) mass is 325 g/mol. The lowest BCUT2D eigenvalue weighted by atomic mass is 10.0. The molecule has 1 aliphatic heterocycles. The Morgan fingerprint density at radius 1 is 1.32 bits per heavy atom. The van der Waals surface area contributed by atoms with Crippen molar-refractivity contribution in [3.8, 4) is 0 Å². The van der Waals surface area contributed by atoms with Crippen LogP contribution in [-0.4, -0.2) is 66.7 Å². The molecule has 1 aromatic rings. The summed E-state index contributed by atoms with van der Waals surface area (Å²) in [6.45, 7) is 9.29. The van der Waals surface area contributed by atoms with Crippen molar-refractivity contribution in [1.29, 1.82) is 0 Å². The molecular formula is C16H27N3O2S. The smallest absolute Gasteiger partial charge is 0.234 e. The third kappa shape index (κ3) is 5.05. The first-order valence-corrected chi connectivity index (χ1v) is 8.86. The third-order valence-corrected chi connectivity index (χ3v) is 5.04. The quantitative estimate of drug-likeness (QED) is 0.790. The van der Waals surface area contributed by atoms with E-state index in [9.17, 15) is 4.79 Å². The maximum atomic E-state index is 12.3. The predicted molar refractivity (Wildman–Crippen MR) is 90.0 cm³/mol. The minimum Gasteiger partial charge on any atom is -0.395 e. The van der Waals surface area contributed by atoms with Gasteiger partial charge in [-0.25, -0.2) is 0 Å². The maximum absolute atomic E-state index is 12.3. The summed E-state index contributed by atoms with van der Waals surface area (Å²) >= 11 is 1.69. The molecule has 5 nitrogen and oxygen atoms in total. The van der Waals surface area contributed by atoms with Crippen LogP contribution in [-0.2, 0) is 4.79 Å². The Morgan fingerprint density at radius 2 is 2.00 bits per heavy atom. The lowest BCUT2D eigenvalue weighted by molar-refractivity contribution is -0.123. The molecule has 1 aliphatic rings. The van der Waals surface area contributed by atoms with E-state index in [2.05, 4.69) is 40.4 Å². The standard InChI is InChI=1S/C16H27N3O2S/c1-13(2)16(14-4-3-11-22-14)17-15(21)12-19-7-5-18(6-8-19)9-10-20/h3-4,11,13,16,20H,5-10,12H2,1-2H3,(H,17,21)/t16-/m1/s1. The number of aliphatic hydroxyl groups excluding tert-OH is 1. The van der Waals surface area contributed by atoms with E-state index in [0.29, 0.717) is 12.5 Å². The summed E-state index contributed by atoms with van der Waals surface area (Å²) in [6, 6.07) is 4.22. The van der Waals surface area contributed by atoms with E-state index in [1.54, 1.807) is 11.3 Å². The van der Waals surface area contributed by atoms with Gasteiger partial charge in [0.05, 0.1) is 19.2 Å². The first-order chi connectivity index (χ1) is 10.6. The lowest BCUT2D eigenvalue weighted by Crippen LogP contribution is -2.50. The number of thiophene rings is 1. The number of hydrogen-bond donors (Lipinski definition) is 2. The van der Waals surface area contributed by atoms with Crippen LogP contribution in [0.3, 0.4) is 0 Å². The fourth-order valence-electron chi connectivity index (χ4n) is 2.77. The van der Waals surface area contributed by atoms with Crippen LogP contribution in [0.4, 0.5) is 0 Å². The lowest BCUT2D eigenvalue weighted by Gasteiger charge is -2.34. The Labute approximate surface area is 136 Å². The zero-order chi connectivity index (χ0) is 15.9. The fourth-order valence-corrected chi connectivity index (χ4v) is 3.72. The van der Waals surface area contributed by atoms with Crippen LogP contribution < -0.4 is 5.32 Å². The van der Waals surface area contributed by atoms with Gasteiger partial charge in [-0.2, -0.15) is 0 Å². The topological polar surface area (TPSA) is 55.8 Å². The van der Waals surface area contributed by atoms with E-state index in [-0.39, 0.29) is 18.6 Å². The molecule has 1 amide bonds. The van der Waals surface area contributed by atoms with Gasteiger partial charge in [0, 0.05) is 37.6 Å². The first-order valence-electron chi connectivity index (χ1n) is 7.98. The van der Waals surface area contributed by atoms with Gasteiger partial charge in [0.1, 0.15) is 0 Å². The highest BCUT2D eigenvalue weighted by Crippen LogP contribution is 2.25. The molecule has 0 saturated carbocycles. The van der Waals surface area contributed by atoms with Crippen LogP contribution in [0.15, 0.2) is 17.5 Å². The van der Waals surface area contributed by atoms with Crippen LogP contribution in [0.2, 0.25) is 0 Å². The summed E-state index contributed by atoms with van der Waals surface area (Å²) in [5.41, 5.74) is 0. The Hall–Kier alpha value is -0.950. The van der Waals surface area contributed by atoms with E-state index in [0.717, 1.165) is 32.7 Å². The average molecular weight is 325 g/mol. The summed E-state index contributed by atoms with van der Waals surface area (Å²) in [5, 5.41) is 14.2. The molecule has 1 fully saturated rings. The van der Waals surface area contributed by atoms with E-state index >= 15 is 0 Å². The highest BCUT2D eigenvalue weighted by molar-refractivity contribution is 7.10. The molecule has 2 heterocycles. The van der Waals surface area contributed by atoms with Gasteiger partial charge in [0.25, 0.3) is 0 Å². The average Bonchev–Trinajstić information content (AvgIpc) is 3.01. The molecule has 1 saturated heterocycles. The van der Waals surface area contributed by atoms with Gasteiger partial charge in [0.2, 0.25) is 5.91 Å². The molecule has 124 valence electrons. The minimum absolute atomic E-state index is 0.0997. The molecule has 2 N–H and O–H groups in total. The second-order valence-electron chi connectivity index (χ2n) is 6.15. The van der Waals surface area contributed by atoms with Gasteiger partial charge >= 0.3 is 0 Å². The predicted octanol–water partition coefficient (Wildman–Crippen LogP) is 1.17. The molecule has 0 unspecified atom stereocenters. The highest BCUT2D eigenvalue weighted by atomic mass is 32.1. The normalized spacial score (nSPS) is 18.5. The molecule has 1 atom stereocenters. The number of hydrogen-bond acceptors (Lipinski definition) is 5. The van der Waals surface area contributed by atoms with Crippen molar-refractivity contribution in [2.45, 2.75) is 19.9 Å². The van der Waals surface area contributed by atoms with Crippen LogP contribution in [0.25, 0.3) is 0 Å².